The van der Waals surface area contributed by atoms with Crippen LogP contribution >= 0.6 is 0 Å². The highest BCUT2D eigenvalue weighted by Gasteiger charge is 2.28. The summed E-state index contributed by atoms with van der Waals surface area (Å²) in [6, 6.07) is -0.764. The van der Waals surface area contributed by atoms with E-state index in [1.165, 1.54) is 12.8 Å². The average molecular weight is 241 g/mol. The highest BCUT2D eigenvalue weighted by molar-refractivity contribution is 5.96. The van der Waals surface area contributed by atoms with Crippen LogP contribution in [0.4, 0.5) is 4.79 Å². The summed E-state index contributed by atoms with van der Waals surface area (Å²) in [6.45, 7) is 7.12. The van der Waals surface area contributed by atoms with Crippen LogP contribution in [0.3, 0.4) is 0 Å². The van der Waals surface area contributed by atoms with E-state index in [1.807, 2.05) is 6.92 Å². The molecule has 0 spiro atoms. The van der Waals surface area contributed by atoms with Crippen molar-refractivity contribution in [3.05, 3.63) is 0 Å². The molecule has 1 fully saturated rings. The van der Waals surface area contributed by atoms with E-state index in [0.29, 0.717) is 12.5 Å². The zero-order chi connectivity index (χ0) is 12.8. The Kier molecular flexibility index (Phi) is 5.41. The summed E-state index contributed by atoms with van der Waals surface area (Å²) in [5, 5.41) is 7.98. The van der Waals surface area contributed by atoms with Crippen LogP contribution in [0.1, 0.15) is 33.6 Å². The van der Waals surface area contributed by atoms with Crippen molar-refractivity contribution in [2.45, 2.75) is 39.7 Å². The van der Waals surface area contributed by atoms with Crippen molar-refractivity contribution in [1.29, 1.82) is 0 Å². The zero-order valence-corrected chi connectivity index (χ0v) is 10.9. The van der Waals surface area contributed by atoms with Gasteiger partial charge in [-0.2, -0.15) is 0 Å². The fraction of sp³-hybridized carbons (Fsp3) is 0.833. The van der Waals surface area contributed by atoms with Gasteiger partial charge in [0, 0.05) is 6.54 Å². The van der Waals surface area contributed by atoms with Gasteiger partial charge in [0.15, 0.2) is 0 Å². The Morgan fingerprint density at radius 1 is 1.29 bits per heavy atom. The first-order chi connectivity index (χ1) is 8.04. The second kappa shape index (κ2) is 6.59. The molecule has 0 aromatic rings. The Morgan fingerprint density at radius 2 is 1.94 bits per heavy atom. The molecule has 2 atom stereocenters. The first-order valence-corrected chi connectivity index (χ1v) is 6.36. The standard InChI is InChI=1S/C12H23N3O2/c1-4-13-12(17)15-11(16)9(3)14-7-8(2)10-5-6-10/h8-10,14H,4-7H2,1-3H3,(H2,13,15,16,17). The summed E-state index contributed by atoms with van der Waals surface area (Å²) < 4.78 is 0. The fourth-order valence-electron chi connectivity index (χ4n) is 1.71. The molecule has 0 aromatic heterocycles. The molecular formula is C12H23N3O2. The largest absolute Gasteiger partial charge is 0.338 e. The first-order valence-electron chi connectivity index (χ1n) is 6.36. The van der Waals surface area contributed by atoms with Gasteiger partial charge in [0.1, 0.15) is 0 Å². The number of nitrogens with one attached hydrogen (secondary N) is 3. The van der Waals surface area contributed by atoms with Crippen molar-refractivity contribution in [2.24, 2.45) is 11.8 Å². The average Bonchev–Trinajstić information content (AvgIpc) is 3.09. The Bertz CT molecular complexity index is 277. The van der Waals surface area contributed by atoms with E-state index in [1.54, 1.807) is 6.92 Å². The number of amides is 3. The van der Waals surface area contributed by atoms with Crippen LogP contribution in [0.25, 0.3) is 0 Å². The van der Waals surface area contributed by atoms with Gasteiger partial charge in [0.05, 0.1) is 6.04 Å². The summed E-state index contributed by atoms with van der Waals surface area (Å²) in [5.41, 5.74) is 0. The van der Waals surface area contributed by atoms with Crippen LogP contribution in [0.2, 0.25) is 0 Å². The van der Waals surface area contributed by atoms with Gasteiger partial charge in [-0.1, -0.05) is 6.92 Å². The molecule has 1 aliphatic carbocycles. The van der Waals surface area contributed by atoms with Gasteiger partial charge in [-0.3, -0.25) is 10.1 Å². The molecule has 1 saturated carbocycles. The van der Waals surface area contributed by atoms with E-state index in [0.717, 1.165) is 12.5 Å². The van der Waals surface area contributed by atoms with E-state index in [2.05, 4.69) is 22.9 Å². The normalized spacial score (nSPS) is 18.3. The molecule has 3 amide bonds. The Labute approximate surface area is 103 Å². The third-order valence-electron chi connectivity index (χ3n) is 3.14. The molecule has 0 radical (unpaired) electrons. The summed E-state index contributed by atoms with van der Waals surface area (Å²) >= 11 is 0. The molecule has 1 rings (SSSR count). The minimum Gasteiger partial charge on any atom is -0.338 e. The smallest absolute Gasteiger partial charge is 0.321 e. The third-order valence-corrected chi connectivity index (χ3v) is 3.14. The molecule has 0 aromatic carbocycles. The minimum absolute atomic E-state index is 0.279. The highest BCUT2D eigenvalue weighted by atomic mass is 16.2. The third kappa shape index (κ3) is 5.17. The Hall–Kier alpha value is -1.10. The van der Waals surface area contributed by atoms with Crippen molar-refractivity contribution < 1.29 is 9.59 Å². The summed E-state index contributed by atoms with van der Waals surface area (Å²) in [7, 11) is 0. The molecule has 0 saturated heterocycles. The van der Waals surface area contributed by atoms with Gasteiger partial charge in [0.2, 0.25) is 5.91 Å². The molecule has 0 heterocycles. The topological polar surface area (TPSA) is 70.2 Å². The molecule has 0 aliphatic heterocycles. The molecule has 3 N–H and O–H groups in total. The van der Waals surface area contributed by atoms with Gasteiger partial charge in [0.25, 0.3) is 0 Å². The van der Waals surface area contributed by atoms with Crippen LogP contribution in [0.15, 0.2) is 0 Å². The molecule has 17 heavy (non-hydrogen) atoms. The number of hydrogen-bond acceptors (Lipinski definition) is 3. The van der Waals surface area contributed by atoms with Crippen LogP contribution in [0, 0.1) is 11.8 Å². The number of imide groups is 1. The quantitative estimate of drug-likeness (QED) is 0.646. The molecule has 2 unspecified atom stereocenters. The fourth-order valence-corrected chi connectivity index (χ4v) is 1.71. The molecule has 98 valence electrons. The Morgan fingerprint density at radius 3 is 2.47 bits per heavy atom. The second-order valence-electron chi connectivity index (χ2n) is 4.79. The number of hydrogen-bond donors (Lipinski definition) is 3. The number of carbonyl (C=O) groups is 2. The van der Waals surface area contributed by atoms with Crippen molar-refractivity contribution >= 4 is 11.9 Å². The highest BCUT2D eigenvalue weighted by Crippen LogP contribution is 2.36. The van der Waals surface area contributed by atoms with Crippen LogP contribution in [-0.4, -0.2) is 31.1 Å². The van der Waals surface area contributed by atoms with E-state index < -0.39 is 6.03 Å². The molecular weight excluding hydrogens is 218 g/mol. The van der Waals surface area contributed by atoms with E-state index >= 15 is 0 Å². The lowest BCUT2D eigenvalue weighted by Gasteiger charge is -2.16. The monoisotopic (exact) mass is 241 g/mol. The van der Waals surface area contributed by atoms with E-state index in [-0.39, 0.29) is 11.9 Å². The summed E-state index contributed by atoms with van der Waals surface area (Å²) in [6.07, 6.45) is 2.62. The zero-order valence-electron chi connectivity index (χ0n) is 10.9. The Balaban J connectivity index is 2.18. The summed E-state index contributed by atoms with van der Waals surface area (Å²) in [5.74, 6) is 1.15. The lowest BCUT2D eigenvalue weighted by atomic mass is 10.1. The predicted octanol–water partition coefficient (Wildman–Crippen LogP) is 0.856. The van der Waals surface area contributed by atoms with Crippen molar-refractivity contribution in [3.63, 3.8) is 0 Å². The lowest BCUT2D eigenvalue weighted by molar-refractivity contribution is -0.121. The second-order valence-corrected chi connectivity index (χ2v) is 4.79. The number of urea groups is 1. The van der Waals surface area contributed by atoms with Crippen LogP contribution in [-0.2, 0) is 4.79 Å². The lowest BCUT2D eigenvalue weighted by Crippen LogP contribution is -2.48. The van der Waals surface area contributed by atoms with Crippen LogP contribution < -0.4 is 16.0 Å². The van der Waals surface area contributed by atoms with E-state index in [4.69, 9.17) is 0 Å². The molecule has 5 heteroatoms. The number of rotatable bonds is 6. The van der Waals surface area contributed by atoms with Gasteiger partial charge in [-0.15, -0.1) is 0 Å². The van der Waals surface area contributed by atoms with E-state index in [9.17, 15) is 9.59 Å². The van der Waals surface area contributed by atoms with Gasteiger partial charge in [-0.05, 0) is 45.1 Å². The maximum absolute atomic E-state index is 11.6. The van der Waals surface area contributed by atoms with Gasteiger partial charge < -0.3 is 10.6 Å². The number of carbonyl (C=O) groups excluding carboxylic acids is 2. The first kappa shape index (κ1) is 14.0. The molecule has 0 bridgehead atoms. The minimum atomic E-state index is -0.429. The van der Waals surface area contributed by atoms with Crippen molar-refractivity contribution in [3.8, 4) is 0 Å². The predicted molar refractivity (Wildman–Crippen MR) is 66.6 cm³/mol. The maximum Gasteiger partial charge on any atom is 0.321 e. The van der Waals surface area contributed by atoms with Crippen molar-refractivity contribution in [2.75, 3.05) is 13.1 Å². The van der Waals surface area contributed by atoms with Crippen LogP contribution in [0.5, 0.6) is 0 Å². The van der Waals surface area contributed by atoms with Gasteiger partial charge in [-0.25, -0.2) is 4.79 Å². The maximum atomic E-state index is 11.6. The molecule has 1 aliphatic rings. The SMILES string of the molecule is CCNC(=O)NC(=O)C(C)NCC(C)C1CC1. The van der Waals surface area contributed by atoms with Gasteiger partial charge >= 0.3 is 6.03 Å². The summed E-state index contributed by atoms with van der Waals surface area (Å²) in [4.78, 5) is 22.7. The molecule has 5 nitrogen and oxygen atoms in total. The van der Waals surface area contributed by atoms with Crippen molar-refractivity contribution in [1.82, 2.24) is 16.0 Å².